The summed E-state index contributed by atoms with van der Waals surface area (Å²) >= 11 is 0. The van der Waals surface area contributed by atoms with Crippen LogP contribution in [0.2, 0.25) is 0 Å². The van der Waals surface area contributed by atoms with Crippen LogP contribution in [0.15, 0.2) is 60.7 Å². The van der Waals surface area contributed by atoms with E-state index in [1.54, 1.807) is 56.4 Å². The first-order chi connectivity index (χ1) is 16.2. The Labute approximate surface area is 196 Å². The van der Waals surface area contributed by atoms with Crippen molar-refractivity contribution in [2.75, 3.05) is 13.1 Å². The number of nitrogens with two attached hydrogens (primary N) is 2. The van der Waals surface area contributed by atoms with Gasteiger partial charge in [0, 0.05) is 24.2 Å². The predicted octanol–water partition coefficient (Wildman–Crippen LogP) is 1.73. The topological polar surface area (TPSA) is 161 Å². The molecule has 176 valence electrons. The summed E-state index contributed by atoms with van der Waals surface area (Å²) in [7, 11) is 0. The summed E-state index contributed by atoms with van der Waals surface area (Å²) in [5.74, 6) is -4.54. The van der Waals surface area contributed by atoms with Crippen LogP contribution in [-0.2, 0) is 0 Å². The van der Waals surface area contributed by atoms with E-state index in [1.165, 1.54) is 12.1 Å². The minimum atomic E-state index is -1.15. The van der Waals surface area contributed by atoms with Crippen LogP contribution in [0, 0.1) is 0 Å². The van der Waals surface area contributed by atoms with Gasteiger partial charge in [0.15, 0.2) is 5.78 Å². The van der Waals surface area contributed by atoms with Crippen molar-refractivity contribution in [2.24, 2.45) is 11.5 Å². The fraction of sp³-hybridized carbons (Fsp3) is 0.160. The van der Waals surface area contributed by atoms with Crippen molar-refractivity contribution in [1.29, 1.82) is 0 Å². The molecule has 4 amide bonds. The van der Waals surface area contributed by atoms with Crippen molar-refractivity contribution in [3.8, 4) is 0 Å². The quantitative estimate of drug-likeness (QED) is 0.312. The van der Waals surface area contributed by atoms with Gasteiger partial charge in [-0.1, -0.05) is 54.6 Å². The molecule has 0 aliphatic carbocycles. The Kier molecular flexibility index (Phi) is 9.01. The smallest absolute Gasteiger partial charge is 0.253 e. The SMILES string of the molecule is C/C=C/CNC(=O)c1c(C(=O)c2ccccc2)cc(C(N)=O)c(C(N)=O)c1C(=O)NC/C=C/C. The number of carbonyl (C=O) groups excluding carboxylic acids is 5. The van der Waals surface area contributed by atoms with Crippen molar-refractivity contribution in [3.63, 3.8) is 0 Å². The molecule has 0 saturated heterocycles. The number of carbonyl (C=O) groups is 5. The predicted molar refractivity (Wildman–Crippen MR) is 128 cm³/mol. The molecule has 34 heavy (non-hydrogen) atoms. The number of allylic oxidation sites excluding steroid dienone is 2. The van der Waals surface area contributed by atoms with Gasteiger partial charge >= 0.3 is 0 Å². The van der Waals surface area contributed by atoms with Crippen molar-refractivity contribution in [2.45, 2.75) is 13.8 Å². The summed E-state index contributed by atoms with van der Waals surface area (Å²) in [5, 5.41) is 5.12. The number of rotatable bonds is 10. The van der Waals surface area contributed by atoms with Gasteiger partial charge in [-0.2, -0.15) is 0 Å². The van der Waals surface area contributed by atoms with Crippen LogP contribution >= 0.6 is 0 Å². The van der Waals surface area contributed by atoms with Crippen LogP contribution in [-0.4, -0.2) is 42.5 Å². The maximum Gasteiger partial charge on any atom is 0.253 e. The molecule has 0 saturated carbocycles. The van der Waals surface area contributed by atoms with E-state index in [-0.39, 0.29) is 29.8 Å². The van der Waals surface area contributed by atoms with Crippen molar-refractivity contribution in [3.05, 3.63) is 94.1 Å². The van der Waals surface area contributed by atoms with Crippen LogP contribution in [0.5, 0.6) is 0 Å². The summed E-state index contributed by atoms with van der Waals surface area (Å²) < 4.78 is 0. The van der Waals surface area contributed by atoms with E-state index < -0.39 is 46.1 Å². The summed E-state index contributed by atoms with van der Waals surface area (Å²) in [5.41, 5.74) is 9.06. The number of amides is 4. The van der Waals surface area contributed by atoms with Gasteiger partial charge in [0.25, 0.3) is 11.8 Å². The van der Waals surface area contributed by atoms with Gasteiger partial charge in [-0.3, -0.25) is 24.0 Å². The highest BCUT2D eigenvalue weighted by Gasteiger charge is 2.33. The molecule has 9 heteroatoms. The Morgan fingerprint density at radius 1 is 0.735 bits per heavy atom. The number of primary amides is 2. The molecule has 0 aromatic heterocycles. The monoisotopic (exact) mass is 462 g/mol. The molecular weight excluding hydrogens is 436 g/mol. The van der Waals surface area contributed by atoms with Crippen LogP contribution < -0.4 is 22.1 Å². The molecule has 0 fully saturated rings. The van der Waals surface area contributed by atoms with Gasteiger partial charge in [-0.25, -0.2) is 0 Å². The summed E-state index contributed by atoms with van der Waals surface area (Å²) in [6, 6.07) is 9.01. The fourth-order valence-corrected chi connectivity index (χ4v) is 3.24. The number of benzene rings is 2. The molecule has 0 atom stereocenters. The zero-order chi connectivity index (χ0) is 25.3. The van der Waals surface area contributed by atoms with E-state index >= 15 is 0 Å². The van der Waals surface area contributed by atoms with Gasteiger partial charge < -0.3 is 22.1 Å². The van der Waals surface area contributed by atoms with E-state index in [0.717, 1.165) is 6.07 Å². The number of hydrogen-bond acceptors (Lipinski definition) is 5. The standard InChI is InChI=1S/C25H26N4O5/c1-3-5-12-28-24(33)19-16(21(30)15-10-8-7-9-11-15)14-17(22(26)31)18(23(27)32)20(19)25(34)29-13-6-4-2/h3-11,14H,12-13H2,1-2H3,(H2,26,31)(H2,27,32)(H,28,33)(H,29,34)/b5-3+,6-4+. The fourth-order valence-electron chi connectivity index (χ4n) is 3.24. The summed E-state index contributed by atoms with van der Waals surface area (Å²) in [6.07, 6.45) is 6.66. The zero-order valence-corrected chi connectivity index (χ0v) is 18.9. The number of hydrogen-bond donors (Lipinski definition) is 4. The third-order valence-electron chi connectivity index (χ3n) is 4.81. The maximum atomic E-state index is 13.4. The molecule has 0 unspecified atom stereocenters. The maximum absolute atomic E-state index is 13.4. The van der Waals surface area contributed by atoms with Crippen LogP contribution in [0.4, 0.5) is 0 Å². The van der Waals surface area contributed by atoms with Gasteiger partial charge in [0.1, 0.15) is 0 Å². The molecular formula is C25H26N4O5. The second kappa shape index (κ2) is 11.9. The highest BCUT2D eigenvalue weighted by Crippen LogP contribution is 2.26. The van der Waals surface area contributed by atoms with E-state index in [9.17, 15) is 24.0 Å². The molecule has 0 aliphatic heterocycles. The lowest BCUT2D eigenvalue weighted by Gasteiger charge is -2.19. The Morgan fingerprint density at radius 3 is 1.74 bits per heavy atom. The lowest BCUT2D eigenvalue weighted by Crippen LogP contribution is -2.36. The molecule has 2 rings (SSSR count). The van der Waals surface area contributed by atoms with Crippen molar-refractivity contribution >= 4 is 29.4 Å². The minimum Gasteiger partial charge on any atom is -0.366 e. The third-order valence-corrected chi connectivity index (χ3v) is 4.81. The molecule has 0 spiro atoms. The third kappa shape index (κ3) is 5.83. The van der Waals surface area contributed by atoms with E-state index in [1.807, 2.05) is 0 Å². The highest BCUT2D eigenvalue weighted by atomic mass is 16.2. The van der Waals surface area contributed by atoms with Crippen molar-refractivity contribution < 1.29 is 24.0 Å². The molecule has 9 nitrogen and oxygen atoms in total. The largest absolute Gasteiger partial charge is 0.366 e. The average molecular weight is 463 g/mol. The lowest BCUT2D eigenvalue weighted by atomic mass is 9.86. The second-order valence-electron chi connectivity index (χ2n) is 7.08. The Bertz CT molecular complexity index is 1180. The Hall–Kier alpha value is -4.53. The summed E-state index contributed by atoms with van der Waals surface area (Å²) in [6.45, 7) is 3.66. The minimum absolute atomic E-state index is 0.0654. The van der Waals surface area contributed by atoms with Gasteiger partial charge in [-0.15, -0.1) is 0 Å². The highest BCUT2D eigenvalue weighted by molar-refractivity contribution is 6.24. The summed E-state index contributed by atoms with van der Waals surface area (Å²) in [4.78, 5) is 64.4. The van der Waals surface area contributed by atoms with E-state index in [0.29, 0.717) is 0 Å². The lowest BCUT2D eigenvalue weighted by molar-refractivity contribution is 0.0909. The number of ketones is 1. The Morgan fingerprint density at radius 2 is 1.26 bits per heavy atom. The van der Waals surface area contributed by atoms with Gasteiger partial charge in [-0.05, 0) is 19.9 Å². The van der Waals surface area contributed by atoms with Crippen LogP contribution in [0.25, 0.3) is 0 Å². The zero-order valence-electron chi connectivity index (χ0n) is 18.9. The first-order valence-electron chi connectivity index (χ1n) is 10.4. The Balaban J connectivity index is 2.92. The number of nitrogens with one attached hydrogen (secondary N) is 2. The molecule has 0 aliphatic rings. The van der Waals surface area contributed by atoms with Gasteiger partial charge in [0.05, 0.1) is 22.3 Å². The van der Waals surface area contributed by atoms with Crippen LogP contribution in [0.3, 0.4) is 0 Å². The normalized spacial score (nSPS) is 10.9. The first-order valence-corrected chi connectivity index (χ1v) is 10.4. The van der Waals surface area contributed by atoms with E-state index in [2.05, 4.69) is 10.6 Å². The molecule has 6 N–H and O–H groups in total. The molecule has 2 aromatic carbocycles. The second-order valence-corrected chi connectivity index (χ2v) is 7.08. The van der Waals surface area contributed by atoms with E-state index in [4.69, 9.17) is 11.5 Å². The molecule has 0 bridgehead atoms. The molecule has 0 radical (unpaired) electrons. The average Bonchev–Trinajstić information content (AvgIpc) is 2.82. The molecule has 0 heterocycles. The first kappa shape index (κ1) is 25.7. The van der Waals surface area contributed by atoms with Crippen LogP contribution in [0.1, 0.15) is 71.2 Å². The molecule has 2 aromatic rings. The van der Waals surface area contributed by atoms with Gasteiger partial charge in [0.2, 0.25) is 11.8 Å². The van der Waals surface area contributed by atoms with Crippen molar-refractivity contribution in [1.82, 2.24) is 10.6 Å².